The predicted molar refractivity (Wildman–Crippen MR) is 64.4 cm³/mol. The van der Waals surface area contributed by atoms with Crippen molar-refractivity contribution in [2.24, 2.45) is 11.7 Å². The van der Waals surface area contributed by atoms with Gasteiger partial charge in [-0.1, -0.05) is 19.8 Å². The Bertz CT molecular complexity index is 275. The number of nitrogens with two attached hydrogens (primary N) is 1. The Labute approximate surface area is 102 Å². The number of carbonyl (C=O) groups excluding carboxylic acids is 1. The number of rotatable bonds is 6. The summed E-state index contributed by atoms with van der Waals surface area (Å²) in [5, 5.41) is 8.87. The maximum atomic E-state index is 12.0. The molecule has 0 aromatic heterocycles. The lowest BCUT2D eigenvalue weighted by molar-refractivity contribution is -0.146. The van der Waals surface area contributed by atoms with Gasteiger partial charge in [0.1, 0.15) is 6.54 Å². The fourth-order valence-corrected chi connectivity index (χ4v) is 2.28. The van der Waals surface area contributed by atoms with Crippen LogP contribution in [-0.2, 0) is 9.59 Å². The second-order valence-corrected chi connectivity index (χ2v) is 4.90. The van der Waals surface area contributed by atoms with Crippen LogP contribution in [0.2, 0.25) is 0 Å². The van der Waals surface area contributed by atoms with Crippen molar-refractivity contribution in [3.05, 3.63) is 0 Å². The number of hydrogen-bond acceptors (Lipinski definition) is 3. The van der Waals surface area contributed by atoms with Gasteiger partial charge >= 0.3 is 5.97 Å². The van der Waals surface area contributed by atoms with Crippen LogP contribution in [-0.4, -0.2) is 41.0 Å². The zero-order valence-electron chi connectivity index (χ0n) is 10.4. The molecule has 0 bridgehead atoms. The molecule has 98 valence electrons. The summed E-state index contributed by atoms with van der Waals surface area (Å²) in [5.41, 5.74) is 5.49. The topological polar surface area (TPSA) is 83.6 Å². The van der Waals surface area contributed by atoms with Crippen molar-refractivity contribution >= 4 is 11.9 Å². The van der Waals surface area contributed by atoms with Crippen molar-refractivity contribution in [3.8, 4) is 0 Å². The van der Waals surface area contributed by atoms with E-state index in [1.807, 2.05) is 6.92 Å². The van der Waals surface area contributed by atoms with Crippen LogP contribution < -0.4 is 5.73 Å². The van der Waals surface area contributed by atoms with Crippen molar-refractivity contribution in [2.75, 3.05) is 13.1 Å². The first-order chi connectivity index (χ1) is 8.04. The molecule has 0 radical (unpaired) electrons. The molecule has 17 heavy (non-hydrogen) atoms. The molecule has 0 aromatic carbocycles. The van der Waals surface area contributed by atoms with Gasteiger partial charge in [0.15, 0.2) is 0 Å². The van der Waals surface area contributed by atoms with Crippen LogP contribution in [0.3, 0.4) is 0 Å². The van der Waals surface area contributed by atoms with Crippen LogP contribution in [0.25, 0.3) is 0 Å². The van der Waals surface area contributed by atoms with Crippen molar-refractivity contribution in [3.63, 3.8) is 0 Å². The first-order valence-corrected chi connectivity index (χ1v) is 6.26. The van der Waals surface area contributed by atoms with E-state index >= 15 is 0 Å². The molecule has 0 aliphatic heterocycles. The SMILES string of the molecule is CC(CN)CC(=O)N(CC(=O)O)C1CCCC1. The minimum Gasteiger partial charge on any atom is -0.480 e. The van der Waals surface area contributed by atoms with Crippen LogP contribution in [0.5, 0.6) is 0 Å². The van der Waals surface area contributed by atoms with Gasteiger partial charge in [-0.05, 0) is 25.3 Å². The number of carboxylic acids is 1. The van der Waals surface area contributed by atoms with Crippen molar-refractivity contribution in [1.82, 2.24) is 4.90 Å². The summed E-state index contributed by atoms with van der Waals surface area (Å²) in [6.07, 6.45) is 4.37. The third-order valence-corrected chi connectivity index (χ3v) is 3.32. The molecule has 5 heteroatoms. The van der Waals surface area contributed by atoms with Crippen molar-refractivity contribution < 1.29 is 14.7 Å². The normalized spacial score (nSPS) is 18.0. The molecular formula is C12H22N2O3. The van der Waals surface area contributed by atoms with Gasteiger partial charge in [-0.2, -0.15) is 0 Å². The number of nitrogens with zero attached hydrogens (tertiary/aromatic N) is 1. The van der Waals surface area contributed by atoms with E-state index < -0.39 is 5.97 Å². The standard InChI is InChI=1S/C12H22N2O3/c1-9(7-13)6-11(15)14(8-12(16)17)10-4-2-3-5-10/h9-10H,2-8,13H2,1H3,(H,16,17). The molecule has 1 unspecified atom stereocenters. The second kappa shape index (κ2) is 6.59. The first-order valence-electron chi connectivity index (χ1n) is 6.26. The number of aliphatic carboxylic acids is 1. The maximum absolute atomic E-state index is 12.0. The number of carbonyl (C=O) groups is 2. The van der Waals surface area contributed by atoms with Gasteiger partial charge in [0.05, 0.1) is 0 Å². The van der Waals surface area contributed by atoms with Crippen molar-refractivity contribution in [2.45, 2.75) is 45.1 Å². The smallest absolute Gasteiger partial charge is 0.323 e. The van der Waals surface area contributed by atoms with Crippen LogP contribution in [0.1, 0.15) is 39.0 Å². The molecule has 3 N–H and O–H groups in total. The molecule has 0 saturated heterocycles. The lowest BCUT2D eigenvalue weighted by Crippen LogP contribution is -2.43. The maximum Gasteiger partial charge on any atom is 0.323 e. The monoisotopic (exact) mass is 242 g/mol. The molecule has 1 saturated carbocycles. The Hall–Kier alpha value is -1.10. The summed E-state index contributed by atoms with van der Waals surface area (Å²) in [7, 11) is 0. The Morgan fingerprint density at radius 1 is 1.41 bits per heavy atom. The average molecular weight is 242 g/mol. The number of carboxylic acid groups (broad SMARTS) is 1. The van der Waals surface area contributed by atoms with Gasteiger partial charge in [0, 0.05) is 12.5 Å². The number of hydrogen-bond donors (Lipinski definition) is 2. The summed E-state index contributed by atoms with van der Waals surface area (Å²) in [4.78, 5) is 24.4. The van der Waals surface area contributed by atoms with E-state index in [2.05, 4.69) is 0 Å². The summed E-state index contributed by atoms with van der Waals surface area (Å²) < 4.78 is 0. The average Bonchev–Trinajstić information content (AvgIpc) is 2.78. The van der Waals surface area contributed by atoms with Gasteiger partial charge < -0.3 is 15.7 Å². The summed E-state index contributed by atoms with van der Waals surface area (Å²) in [6.45, 7) is 2.18. The largest absolute Gasteiger partial charge is 0.480 e. The Kier molecular flexibility index (Phi) is 5.41. The fraction of sp³-hybridized carbons (Fsp3) is 0.833. The first kappa shape index (κ1) is 14.0. The Morgan fingerprint density at radius 3 is 2.47 bits per heavy atom. The molecule has 1 aliphatic rings. The third kappa shape index (κ3) is 4.34. The zero-order chi connectivity index (χ0) is 12.8. The lowest BCUT2D eigenvalue weighted by atomic mass is 10.1. The predicted octanol–water partition coefficient (Wildman–Crippen LogP) is 0.827. The molecule has 0 heterocycles. The van der Waals surface area contributed by atoms with Crippen LogP contribution in [0, 0.1) is 5.92 Å². The lowest BCUT2D eigenvalue weighted by Gasteiger charge is -2.28. The molecule has 1 atom stereocenters. The molecule has 1 aliphatic carbocycles. The highest BCUT2D eigenvalue weighted by atomic mass is 16.4. The molecule has 1 fully saturated rings. The van der Waals surface area contributed by atoms with Gasteiger partial charge in [0.25, 0.3) is 0 Å². The summed E-state index contributed by atoms with van der Waals surface area (Å²) in [6, 6.07) is 0.114. The molecule has 1 rings (SSSR count). The minimum atomic E-state index is -0.939. The van der Waals surface area contributed by atoms with E-state index in [0.29, 0.717) is 13.0 Å². The third-order valence-electron chi connectivity index (χ3n) is 3.32. The summed E-state index contributed by atoms with van der Waals surface area (Å²) >= 11 is 0. The van der Waals surface area contributed by atoms with E-state index in [0.717, 1.165) is 25.7 Å². The van der Waals surface area contributed by atoms with Gasteiger partial charge in [-0.3, -0.25) is 9.59 Å². The Balaban J connectivity index is 2.60. The fourth-order valence-electron chi connectivity index (χ4n) is 2.28. The van der Waals surface area contributed by atoms with Crippen molar-refractivity contribution in [1.29, 1.82) is 0 Å². The number of amides is 1. The highest BCUT2D eigenvalue weighted by Gasteiger charge is 2.28. The van der Waals surface area contributed by atoms with Crippen LogP contribution in [0.4, 0.5) is 0 Å². The molecule has 0 spiro atoms. The van der Waals surface area contributed by atoms with Gasteiger partial charge in [-0.25, -0.2) is 0 Å². The van der Waals surface area contributed by atoms with Crippen LogP contribution in [0.15, 0.2) is 0 Å². The van der Waals surface area contributed by atoms with E-state index in [1.165, 1.54) is 4.90 Å². The molecule has 1 amide bonds. The van der Waals surface area contributed by atoms with Crippen LogP contribution >= 0.6 is 0 Å². The van der Waals surface area contributed by atoms with E-state index in [4.69, 9.17) is 10.8 Å². The molecular weight excluding hydrogens is 220 g/mol. The van der Waals surface area contributed by atoms with E-state index in [9.17, 15) is 9.59 Å². The van der Waals surface area contributed by atoms with Gasteiger partial charge in [0.2, 0.25) is 5.91 Å². The summed E-state index contributed by atoms with van der Waals surface area (Å²) in [5.74, 6) is -0.900. The van der Waals surface area contributed by atoms with Gasteiger partial charge in [-0.15, -0.1) is 0 Å². The van der Waals surface area contributed by atoms with E-state index in [-0.39, 0.29) is 24.4 Å². The highest BCUT2D eigenvalue weighted by molar-refractivity contribution is 5.81. The minimum absolute atomic E-state index is 0.0720. The molecule has 0 aromatic rings. The second-order valence-electron chi connectivity index (χ2n) is 4.90. The highest BCUT2D eigenvalue weighted by Crippen LogP contribution is 2.24. The Morgan fingerprint density at radius 2 is 2.00 bits per heavy atom. The zero-order valence-corrected chi connectivity index (χ0v) is 10.4. The quantitative estimate of drug-likeness (QED) is 0.722. The van der Waals surface area contributed by atoms with E-state index in [1.54, 1.807) is 0 Å². The molecule has 5 nitrogen and oxygen atoms in total.